The Balaban J connectivity index is 1.66. The highest BCUT2D eigenvalue weighted by atomic mass is 32.1. The Kier molecular flexibility index (Phi) is 5.32. The number of benzene rings is 1. The highest BCUT2D eigenvalue weighted by Crippen LogP contribution is 2.30. The van der Waals surface area contributed by atoms with E-state index in [0.717, 1.165) is 54.2 Å². The summed E-state index contributed by atoms with van der Waals surface area (Å²) in [6, 6.07) is 9.76. The molecule has 1 aliphatic rings. The van der Waals surface area contributed by atoms with Gasteiger partial charge in [0, 0.05) is 37.7 Å². The lowest BCUT2D eigenvalue weighted by Gasteiger charge is -2.34. The molecule has 0 amide bonds. The molecule has 6 nitrogen and oxygen atoms in total. The minimum absolute atomic E-state index is 0.172. The van der Waals surface area contributed by atoms with Crippen LogP contribution in [-0.2, 0) is 6.54 Å². The molecule has 0 atom stereocenters. The average Bonchev–Trinajstić information content (AvgIpc) is 3.10. The van der Waals surface area contributed by atoms with Crippen LogP contribution in [0.25, 0.3) is 0 Å². The monoisotopic (exact) mass is 347 g/mol. The predicted octanol–water partition coefficient (Wildman–Crippen LogP) is 3.48. The summed E-state index contributed by atoms with van der Waals surface area (Å²) in [6.45, 7) is 2.71. The standard InChI is InChI=1S/C17H21N3O3S/c21-11-13-5-7-19(8-6-13)16-4-2-1-3-15(16)18-10-14-9-17(20(22)23)24-12-14/h1-4,9,12-13,18,21H,5-8,10-11H2. The van der Waals surface area contributed by atoms with Crippen LogP contribution in [0, 0.1) is 16.0 Å². The van der Waals surface area contributed by atoms with E-state index >= 15 is 0 Å². The Hall–Kier alpha value is -2.12. The Morgan fingerprint density at radius 2 is 2.08 bits per heavy atom. The number of nitrogens with one attached hydrogen (secondary N) is 1. The summed E-state index contributed by atoms with van der Waals surface area (Å²) in [5.74, 6) is 0.410. The zero-order valence-corrected chi connectivity index (χ0v) is 14.2. The third-order valence-electron chi connectivity index (χ3n) is 4.42. The molecule has 1 aromatic carbocycles. The van der Waals surface area contributed by atoms with Crippen molar-refractivity contribution in [2.75, 3.05) is 29.9 Å². The molecule has 2 N–H and O–H groups in total. The molecular weight excluding hydrogens is 326 g/mol. The Labute approximate surface area is 144 Å². The number of anilines is 2. The number of nitro groups is 1. The van der Waals surface area contributed by atoms with Gasteiger partial charge < -0.3 is 15.3 Å². The van der Waals surface area contributed by atoms with Gasteiger partial charge in [-0.1, -0.05) is 23.5 Å². The maximum atomic E-state index is 10.8. The molecule has 1 aliphatic heterocycles. The molecule has 2 heterocycles. The van der Waals surface area contributed by atoms with Crippen molar-refractivity contribution in [1.29, 1.82) is 0 Å². The number of hydrogen-bond donors (Lipinski definition) is 2. The van der Waals surface area contributed by atoms with Crippen LogP contribution in [0.2, 0.25) is 0 Å². The number of aliphatic hydroxyl groups is 1. The summed E-state index contributed by atoms with van der Waals surface area (Å²) < 4.78 is 0. The Bertz CT molecular complexity index is 696. The van der Waals surface area contributed by atoms with Crippen molar-refractivity contribution in [3.8, 4) is 0 Å². The molecule has 3 rings (SSSR count). The van der Waals surface area contributed by atoms with E-state index in [0.29, 0.717) is 12.5 Å². The third kappa shape index (κ3) is 3.85. The van der Waals surface area contributed by atoms with E-state index in [-0.39, 0.29) is 16.5 Å². The average molecular weight is 347 g/mol. The van der Waals surface area contributed by atoms with Gasteiger partial charge in [0.1, 0.15) is 0 Å². The summed E-state index contributed by atoms with van der Waals surface area (Å²) >= 11 is 1.15. The molecule has 0 unspecified atom stereocenters. The number of hydrogen-bond acceptors (Lipinski definition) is 6. The second-order valence-electron chi connectivity index (χ2n) is 6.03. The molecule has 1 fully saturated rings. The lowest BCUT2D eigenvalue weighted by molar-refractivity contribution is -0.380. The second kappa shape index (κ2) is 7.63. The van der Waals surface area contributed by atoms with Gasteiger partial charge in [-0.25, -0.2) is 0 Å². The number of aliphatic hydroxyl groups excluding tert-OH is 1. The maximum Gasteiger partial charge on any atom is 0.324 e. The lowest BCUT2D eigenvalue weighted by atomic mass is 9.97. The highest BCUT2D eigenvalue weighted by Gasteiger charge is 2.20. The zero-order valence-electron chi connectivity index (χ0n) is 13.4. The highest BCUT2D eigenvalue weighted by molar-refractivity contribution is 7.13. The van der Waals surface area contributed by atoms with Gasteiger partial charge in [-0.3, -0.25) is 10.1 Å². The summed E-state index contributed by atoms with van der Waals surface area (Å²) in [5, 5.41) is 25.4. The third-order valence-corrected chi connectivity index (χ3v) is 5.35. The summed E-state index contributed by atoms with van der Waals surface area (Å²) in [5.41, 5.74) is 3.10. The van der Waals surface area contributed by atoms with Crippen LogP contribution >= 0.6 is 11.3 Å². The van der Waals surface area contributed by atoms with Crippen LogP contribution in [0.1, 0.15) is 18.4 Å². The number of para-hydroxylation sites is 2. The van der Waals surface area contributed by atoms with Crippen molar-refractivity contribution in [3.63, 3.8) is 0 Å². The second-order valence-corrected chi connectivity index (χ2v) is 6.92. The quantitative estimate of drug-likeness (QED) is 0.618. The predicted molar refractivity (Wildman–Crippen MR) is 96.8 cm³/mol. The smallest absolute Gasteiger partial charge is 0.324 e. The SMILES string of the molecule is O=[N+]([O-])c1cc(CNc2ccccc2N2CCC(CO)CC2)cs1. The van der Waals surface area contributed by atoms with Crippen molar-refractivity contribution >= 4 is 27.7 Å². The molecule has 1 aromatic heterocycles. The molecule has 7 heteroatoms. The first-order valence-electron chi connectivity index (χ1n) is 8.08. The van der Waals surface area contributed by atoms with Crippen molar-refractivity contribution in [3.05, 3.63) is 51.4 Å². The topological polar surface area (TPSA) is 78.6 Å². The van der Waals surface area contributed by atoms with E-state index in [1.807, 2.05) is 23.6 Å². The molecule has 1 saturated heterocycles. The van der Waals surface area contributed by atoms with E-state index < -0.39 is 0 Å². The minimum atomic E-state index is -0.354. The first-order chi connectivity index (χ1) is 11.7. The molecule has 0 radical (unpaired) electrons. The minimum Gasteiger partial charge on any atom is -0.396 e. The first kappa shape index (κ1) is 16.7. The Morgan fingerprint density at radius 1 is 1.33 bits per heavy atom. The van der Waals surface area contributed by atoms with Crippen molar-refractivity contribution in [2.24, 2.45) is 5.92 Å². The van der Waals surface area contributed by atoms with Gasteiger partial charge in [0.05, 0.1) is 16.3 Å². The van der Waals surface area contributed by atoms with E-state index in [1.54, 1.807) is 6.07 Å². The van der Waals surface area contributed by atoms with Gasteiger partial charge in [0.15, 0.2) is 0 Å². The summed E-state index contributed by atoms with van der Waals surface area (Å²) in [7, 11) is 0. The van der Waals surface area contributed by atoms with Gasteiger partial charge in [-0.15, -0.1) is 0 Å². The van der Waals surface area contributed by atoms with Crippen molar-refractivity contribution < 1.29 is 10.0 Å². The lowest BCUT2D eigenvalue weighted by Crippen LogP contribution is -2.35. The van der Waals surface area contributed by atoms with Gasteiger partial charge in [0.2, 0.25) is 0 Å². The molecule has 24 heavy (non-hydrogen) atoms. The fourth-order valence-electron chi connectivity index (χ4n) is 3.00. The van der Waals surface area contributed by atoms with E-state index in [1.165, 1.54) is 0 Å². The maximum absolute atomic E-state index is 10.8. The van der Waals surface area contributed by atoms with Gasteiger partial charge in [0.25, 0.3) is 0 Å². The van der Waals surface area contributed by atoms with E-state index in [4.69, 9.17) is 0 Å². The van der Waals surface area contributed by atoms with Crippen LogP contribution < -0.4 is 10.2 Å². The molecule has 0 spiro atoms. The summed E-state index contributed by atoms with van der Waals surface area (Å²) in [6.07, 6.45) is 2.00. The van der Waals surface area contributed by atoms with Crippen molar-refractivity contribution in [1.82, 2.24) is 0 Å². The fraction of sp³-hybridized carbons (Fsp3) is 0.412. The molecule has 0 saturated carbocycles. The van der Waals surface area contributed by atoms with Gasteiger partial charge in [-0.2, -0.15) is 0 Å². The van der Waals surface area contributed by atoms with Crippen LogP contribution in [0.3, 0.4) is 0 Å². The molecule has 0 bridgehead atoms. The summed E-state index contributed by atoms with van der Waals surface area (Å²) in [4.78, 5) is 12.8. The van der Waals surface area contributed by atoms with Crippen LogP contribution in [0.5, 0.6) is 0 Å². The zero-order chi connectivity index (χ0) is 16.9. The van der Waals surface area contributed by atoms with Gasteiger partial charge in [-0.05, 0) is 36.5 Å². The van der Waals surface area contributed by atoms with Crippen molar-refractivity contribution in [2.45, 2.75) is 19.4 Å². The number of thiophene rings is 1. The van der Waals surface area contributed by atoms with Gasteiger partial charge >= 0.3 is 5.00 Å². The molecule has 2 aromatic rings. The van der Waals surface area contributed by atoms with Crippen LogP contribution in [-0.4, -0.2) is 29.7 Å². The number of nitrogens with zero attached hydrogens (tertiary/aromatic N) is 2. The molecule has 128 valence electrons. The Morgan fingerprint density at radius 3 is 2.75 bits per heavy atom. The number of piperidine rings is 1. The number of rotatable bonds is 6. The van der Waals surface area contributed by atoms with Crippen LogP contribution in [0.15, 0.2) is 35.7 Å². The molecular formula is C17H21N3O3S. The largest absolute Gasteiger partial charge is 0.396 e. The first-order valence-corrected chi connectivity index (χ1v) is 8.96. The van der Waals surface area contributed by atoms with E-state index in [2.05, 4.69) is 16.3 Å². The van der Waals surface area contributed by atoms with E-state index in [9.17, 15) is 15.2 Å². The molecule has 0 aliphatic carbocycles. The normalized spacial score (nSPS) is 15.5. The fourth-order valence-corrected chi connectivity index (χ4v) is 3.73. The van der Waals surface area contributed by atoms with Crippen LogP contribution in [0.4, 0.5) is 16.4 Å².